The molecule has 0 aliphatic rings. The van der Waals surface area contributed by atoms with E-state index in [0.717, 1.165) is 35.9 Å². The summed E-state index contributed by atoms with van der Waals surface area (Å²) in [6.45, 7) is 7.61. The third kappa shape index (κ3) is 4.71. The van der Waals surface area contributed by atoms with Gasteiger partial charge in [-0.3, -0.25) is 0 Å². The van der Waals surface area contributed by atoms with Crippen molar-refractivity contribution in [2.75, 3.05) is 20.8 Å². The standard InChI is InChI=1S/C17H29NO2/c1-6-18-14(10-7-9-13(2)3)17-15(19-4)11-8-12-16(17)20-5/h8,11-14,18H,6-7,9-10H2,1-5H3. The molecule has 1 rings (SSSR count). The highest BCUT2D eigenvalue weighted by atomic mass is 16.5. The molecule has 1 aromatic carbocycles. The summed E-state index contributed by atoms with van der Waals surface area (Å²) in [6, 6.07) is 6.26. The van der Waals surface area contributed by atoms with E-state index in [0.29, 0.717) is 0 Å². The Balaban J connectivity index is 2.94. The van der Waals surface area contributed by atoms with Gasteiger partial charge in [0.25, 0.3) is 0 Å². The highest BCUT2D eigenvalue weighted by Gasteiger charge is 2.19. The van der Waals surface area contributed by atoms with E-state index >= 15 is 0 Å². The first-order valence-electron chi connectivity index (χ1n) is 7.58. The lowest BCUT2D eigenvalue weighted by Crippen LogP contribution is -2.22. The molecule has 1 N–H and O–H groups in total. The van der Waals surface area contributed by atoms with Gasteiger partial charge in [-0.2, -0.15) is 0 Å². The largest absolute Gasteiger partial charge is 0.496 e. The van der Waals surface area contributed by atoms with Crippen LogP contribution < -0.4 is 14.8 Å². The van der Waals surface area contributed by atoms with E-state index in [1.165, 1.54) is 12.8 Å². The normalized spacial score (nSPS) is 12.5. The average molecular weight is 279 g/mol. The van der Waals surface area contributed by atoms with Crippen LogP contribution in [0.3, 0.4) is 0 Å². The summed E-state index contributed by atoms with van der Waals surface area (Å²) in [5.74, 6) is 2.55. The van der Waals surface area contributed by atoms with Crippen molar-refractivity contribution in [1.29, 1.82) is 0 Å². The summed E-state index contributed by atoms with van der Waals surface area (Å²) >= 11 is 0. The number of nitrogens with one attached hydrogen (secondary N) is 1. The van der Waals surface area contributed by atoms with Gasteiger partial charge in [0.2, 0.25) is 0 Å². The monoisotopic (exact) mass is 279 g/mol. The average Bonchev–Trinajstić information content (AvgIpc) is 2.45. The number of hydrogen-bond acceptors (Lipinski definition) is 3. The van der Waals surface area contributed by atoms with Crippen LogP contribution in [0.4, 0.5) is 0 Å². The van der Waals surface area contributed by atoms with Crippen LogP contribution in [-0.4, -0.2) is 20.8 Å². The van der Waals surface area contributed by atoms with Gasteiger partial charge < -0.3 is 14.8 Å². The maximum absolute atomic E-state index is 5.52. The molecule has 0 fully saturated rings. The third-order valence-corrected chi connectivity index (χ3v) is 3.54. The molecule has 0 radical (unpaired) electrons. The lowest BCUT2D eigenvalue weighted by atomic mass is 9.96. The maximum atomic E-state index is 5.52. The molecule has 0 saturated heterocycles. The minimum Gasteiger partial charge on any atom is -0.496 e. The molecule has 0 saturated carbocycles. The number of rotatable bonds is 9. The molecular formula is C17H29NO2. The van der Waals surface area contributed by atoms with Gasteiger partial charge in [0.1, 0.15) is 11.5 Å². The predicted molar refractivity (Wildman–Crippen MR) is 84.7 cm³/mol. The minimum absolute atomic E-state index is 0.282. The maximum Gasteiger partial charge on any atom is 0.127 e. The Bertz CT molecular complexity index is 368. The molecule has 20 heavy (non-hydrogen) atoms. The van der Waals surface area contributed by atoms with Gasteiger partial charge in [0.05, 0.1) is 19.8 Å². The van der Waals surface area contributed by atoms with Gasteiger partial charge in [-0.25, -0.2) is 0 Å². The molecule has 1 unspecified atom stereocenters. The third-order valence-electron chi connectivity index (χ3n) is 3.54. The number of methoxy groups -OCH3 is 2. The fourth-order valence-electron chi connectivity index (χ4n) is 2.55. The van der Waals surface area contributed by atoms with Crippen molar-refractivity contribution < 1.29 is 9.47 Å². The zero-order valence-corrected chi connectivity index (χ0v) is 13.5. The second-order valence-electron chi connectivity index (χ2n) is 5.51. The Labute approximate surface area is 123 Å². The van der Waals surface area contributed by atoms with Crippen molar-refractivity contribution in [3.63, 3.8) is 0 Å². The zero-order valence-electron chi connectivity index (χ0n) is 13.5. The molecule has 0 spiro atoms. The summed E-state index contributed by atoms with van der Waals surface area (Å²) in [5.41, 5.74) is 1.14. The molecule has 0 aliphatic carbocycles. The van der Waals surface area contributed by atoms with Gasteiger partial charge >= 0.3 is 0 Å². The lowest BCUT2D eigenvalue weighted by Gasteiger charge is -2.23. The van der Waals surface area contributed by atoms with Crippen molar-refractivity contribution in [3.05, 3.63) is 23.8 Å². The van der Waals surface area contributed by atoms with Gasteiger partial charge in [0.15, 0.2) is 0 Å². The molecular weight excluding hydrogens is 250 g/mol. The van der Waals surface area contributed by atoms with E-state index in [4.69, 9.17) is 9.47 Å². The van der Waals surface area contributed by atoms with Crippen LogP contribution in [0.25, 0.3) is 0 Å². The van der Waals surface area contributed by atoms with Crippen LogP contribution in [0.2, 0.25) is 0 Å². The Morgan fingerprint density at radius 2 is 1.65 bits per heavy atom. The van der Waals surface area contributed by atoms with E-state index in [-0.39, 0.29) is 6.04 Å². The molecule has 0 bridgehead atoms. The summed E-state index contributed by atoms with van der Waals surface area (Å²) in [7, 11) is 3.44. The predicted octanol–water partition coefficient (Wildman–Crippen LogP) is 4.18. The van der Waals surface area contributed by atoms with E-state index in [2.05, 4.69) is 26.1 Å². The van der Waals surface area contributed by atoms with Crippen LogP contribution in [0.1, 0.15) is 51.6 Å². The highest BCUT2D eigenvalue weighted by molar-refractivity contribution is 5.47. The molecule has 0 heterocycles. The van der Waals surface area contributed by atoms with E-state index in [9.17, 15) is 0 Å². The smallest absolute Gasteiger partial charge is 0.127 e. The Morgan fingerprint density at radius 3 is 2.10 bits per heavy atom. The Kier molecular flexibility index (Phi) is 7.45. The van der Waals surface area contributed by atoms with E-state index in [1.54, 1.807) is 14.2 Å². The molecule has 3 nitrogen and oxygen atoms in total. The molecule has 0 aliphatic heterocycles. The summed E-state index contributed by atoms with van der Waals surface area (Å²) in [5, 5.41) is 3.56. The van der Waals surface area contributed by atoms with Crippen molar-refractivity contribution in [2.45, 2.75) is 46.1 Å². The van der Waals surface area contributed by atoms with Crippen LogP contribution in [-0.2, 0) is 0 Å². The highest BCUT2D eigenvalue weighted by Crippen LogP contribution is 2.36. The Morgan fingerprint density at radius 1 is 1.05 bits per heavy atom. The Hall–Kier alpha value is -1.22. The number of hydrogen-bond donors (Lipinski definition) is 1. The molecule has 1 atom stereocenters. The lowest BCUT2D eigenvalue weighted by molar-refractivity contribution is 0.362. The van der Waals surface area contributed by atoms with E-state index < -0.39 is 0 Å². The first kappa shape index (κ1) is 16.8. The first-order chi connectivity index (χ1) is 9.63. The second kappa shape index (κ2) is 8.85. The van der Waals surface area contributed by atoms with Crippen molar-refractivity contribution >= 4 is 0 Å². The van der Waals surface area contributed by atoms with Crippen molar-refractivity contribution in [1.82, 2.24) is 5.32 Å². The minimum atomic E-state index is 0.282. The zero-order chi connectivity index (χ0) is 15.0. The van der Waals surface area contributed by atoms with Crippen LogP contribution in [0, 0.1) is 5.92 Å². The fourth-order valence-corrected chi connectivity index (χ4v) is 2.55. The van der Waals surface area contributed by atoms with Crippen molar-refractivity contribution in [3.8, 4) is 11.5 Å². The first-order valence-corrected chi connectivity index (χ1v) is 7.58. The molecule has 3 heteroatoms. The quantitative estimate of drug-likeness (QED) is 0.735. The van der Waals surface area contributed by atoms with Crippen molar-refractivity contribution in [2.24, 2.45) is 5.92 Å². The number of benzene rings is 1. The molecule has 114 valence electrons. The summed E-state index contributed by atoms with van der Waals surface area (Å²) in [6.07, 6.45) is 3.55. The molecule has 0 aromatic heterocycles. The van der Waals surface area contributed by atoms with Crippen LogP contribution in [0.15, 0.2) is 18.2 Å². The molecule has 1 aromatic rings. The SMILES string of the molecule is CCNC(CCCC(C)C)c1c(OC)cccc1OC. The van der Waals surface area contributed by atoms with Crippen LogP contribution >= 0.6 is 0 Å². The van der Waals surface area contributed by atoms with Crippen LogP contribution in [0.5, 0.6) is 11.5 Å². The van der Waals surface area contributed by atoms with Gasteiger partial charge in [-0.1, -0.05) is 39.7 Å². The summed E-state index contributed by atoms with van der Waals surface area (Å²) < 4.78 is 11.0. The topological polar surface area (TPSA) is 30.5 Å². The van der Waals surface area contributed by atoms with E-state index in [1.807, 2.05) is 18.2 Å². The van der Waals surface area contributed by atoms with Gasteiger partial charge in [0, 0.05) is 6.04 Å². The number of ether oxygens (including phenoxy) is 2. The molecule has 0 amide bonds. The van der Waals surface area contributed by atoms with Gasteiger partial charge in [-0.15, -0.1) is 0 Å². The van der Waals surface area contributed by atoms with Gasteiger partial charge in [-0.05, 0) is 31.0 Å². The fraction of sp³-hybridized carbons (Fsp3) is 0.647. The summed E-state index contributed by atoms with van der Waals surface area (Å²) in [4.78, 5) is 0. The second-order valence-corrected chi connectivity index (χ2v) is 5.51.